The fourth-order valence-electron chi connectivity index (χ4n) is 4.35. The number of nitrogens with zero attached hydrogens (tertiary/aromatic N) is 3. The van der Waals surface area contributed by atoms with E-state index in [1.54, 1.807) is 23.6 Å². The van der Waals surface area contributed by atoms with E-state index in [2.05, 4.69) is 5.32 Å². The Balaban J connectivity index is 1.49. The fourth-order valence-corrected chi connectivity index (χ4v) is 4.35. The Hall–Kier alpha value is -3.68. The Morgan fingerprint density at radius 2 is 1.67 bits per heavy atom. The number of amides is 1. The Morgan fingerprint density at radius 1 is 1.03 bits per heavy atom. The number of hydrogen-bond donors (Lipinski definition) is 1. The lowest BCUT2D eigenvalue weighted by Gasteiger charge is -2.34. The molecule has 4 rings (SSSR count). The minimum Gasteiger partial charge on any atom is -0.366 e. The van der Waals surface area contributed by atoms with Crippen molar-refractivity contribution in [1.29, 1.82) is 0 Å². The zero-order valence-corrected chi connectivity index (χ0v) is 18.8. The van der Waals surface area contributed by atoms with Gasteiger partial charge in [0.15, 0.2) is 0 Å². The van der Waals surface area contributed by atoms with Gasteiger partial charge in [0.05, 0.1) is 11.4 Å². The largest absolute Gasteiger partial charge is 0.366 e. The molecule has 0 unspecified atom stereocenters. The number of nitrogens with one attached hydrogen (secondary N) is 1. The quantitative estimate of drug-likeness (QED) is 0.648. The Morgan fingerprint density at radius 3 is 2.30 bits per heavy atom. The van der Waals surface area contributed by atoms with Crippen LogP contribution in [0.1, 0.15) is 24.1 Å². The Kier molecular flexibility index (Phi) is 6.44. The summed E-state index contributed by atoms with van der Waals surface area (Å²) < 4.78 is 15.7. The van der Waals surface area contributed by atoms with Crippen molar-refractivity contribution in [3.63, 3.8) is 0 Å². The van der Waals surface area contributed by atoms with Gasteiger partial charge in [-0.1, -0.05) is 30.3 Å². The maximum Gasteiger partial charge on any atom is 0.335 e. The standard InChI is InChI=1S/C25H27FN4O3/c1-17-22(24(32)28(2)25(33)30(17)21-6-4-3-5-7-21)29-14-12-19(13-15-29)23(31)27-16-18-8-10-20(26)11-9-18/h3-11,19H,12-16H2,1-2H3,(H,27,31). The molecule has 33 heavy (non-hydrogen) atoms. The first-order valence-electron chi connectivity index (χ1n) is 11.0. The lowest BCUT2D eigenvalue weighted by molar-refractivity contribution is -0.125. The van der Waals surface area contributed by atoms with Crippen molar-refractivity contribution in [2.24, 2.45) is 13.0 Å². The van der Waals surface area contributed by atoms with Gasteiger partial charge in [0.2, 0.25) is 5.91 Å². The highest BCUT2D eigenvalue weighted by Crippen LogP contribution is 2.24. The van der Waals surface area contributed by atoms with Crippen LogP contribution in [0.25, 0.3) is 5.69 Å². The summed E-state index contributed by atoms with van der Waals surface area (Å²) in [6.07, 6.45) is 1.20. The minimum atomic E-state index is -0.387. The number of halogens is 1. The van der Waals surface area contributed by atoms with Crippen molar-refractivity contribution in [1.82, 2.24) is 14.5 Å². The van der Waals surface area contributed by atoms with Gasteiger partial charge in [-0.25, -0.2) is 9.18 Å². The van der Waals surface area contributed by atoms with Gasteiger partial charge in [-0.2, -0.15) is 0 Å². The first-order valence-corrected chi connectivity index (χ1v) is 11.0. The maximum absolute atomic E-state index is 13.0. The molecule has 1 aromatic heterocycles. The van der Waals surface area contributed by atoms with Crippen molar-refractivity contribution in [3.8, 4) is 5.69 Å². The molecule has 0 radical (unpaired) electrons. The van der Waals surface area contributed by atoms with E-state index in [0.717, 1.165) is 10.1 Å². The average molecular weight is 451 g/mol. The first-order chi connectivity index (χ1) is 15.9. The zero-order valence-electron chi connectivity index (χ0n) is 18.8. The predicted octanol–water partition coefficient (Wildman–Crippen LogP) is 2.52. The van der Waals surface area contributed by atoms with Crippen molar-refractivity contribution < 1.29 is 9.18 Å². The lowest BCUT2D eigenvalue weighted by Crippen LogP contribution is -2.46. The Bertz CT molecular complexity index is 1260. The van der Waals surface area contributed by atoms with Gasteiger partial charge >= 0.3 is 5.69 Å². The SMILES string of the molecule is Cc1c(N2CCC(C(=O)NCc3ccc(F)cc3)CC2)c(=O)n(C)c(=O)n1-c1ccccc1. The van der Waals surface area contributed by atoms with Crippen LogP contribution < -0.4 is 21.5 Å². The molecule has 3 aromatic rings. The van der Waals surface area contributed by atoms with Crippen LogP contribution in [0.2, 0.25) is 0 Å². The summed E-state index contributed by atoms with van der Waals surface area (Å²) >= 11 is 0. The second-order valence-electron chi connectivity index (χ2n) is 8.36. The van der Waals surface area contributed by atoms with Gasteiger partial charge in [-0.3, -0.25) is 18.7 Å². The number of hydrogen-bond acceptors (Lipinski definition) is 4. The molecule has 0 bridgehead atoms. The van der Waals surface area contributed by atoms with Crippen LogP contribution in [0.15, 0.2) is 64.2 Å². The van der Waals surface area contributed by atoms with Crippen LogP contribution in [0.5, 0.6) is 0 Å². The molecule has 0 atom stereocenters. The molecular formula is C25H27FN4O3. The van der Waals surface area contributed by atoms with Gasteiger partial charge in [-0.05, 0) is 49.6 Å². The van der Waals surface area contributed by atoms with Crippen LogP contribution >= 0.6 is 0 Å². The van der Waals surface area contributed by atoms with Gasteiger partial charge in [-0.15, -0.1) is 0 Å². The molecule has 1 aliphatic rings. The van der Waals surface area contributed by atoms with Gasteiger partial charge in [0, 0.05) is 32.6 Å². The summed E-state index contributed by atoms with van der Waals surface area (Å²) in [6, 6.07) is 15.3. The van der Waals surface area contributed by atoms with Crippen LogP contribution in [-0.2, 0) is 18.4 Å². The smallest absolute Gasteiger partial charge is 0.335 e. The molecule has 1 aliphatic heterocycles. The van der Waals surface area contributed by atoms with E-state index < -0.39 is 0 Å². The van der Waals surface area contributed by atoms with Crippen molar-refractivity contribution >= 4 is 11.6 Å². The Labute approximate surface area is 191 Å². The molecule has 0 saturated carbocycles. The first kappa shape index (κ1) is 22.5. The molecule has 7 nitrogen and oxygen atoms in total. The van der Waals surface area contributed by atoms with Crippen molar-refractivity contribution in [2.45, 2.75) is 26.3 Å². The summed E-state index contributed by atoms with van der Waals surface area (Å²) in [7, 11) is 1.49. The van der Waals surface area contributed by atoms with Crippen LogP contribution in [0.4, 0.5) is 10.1 Å². The van der Waals surface area contributed by atoms with Gasteiger partial charge < -0.3 is 10.2 Å². The molecule has 1 N–H and O–H groups in total. The molecular weight excluding hydrogens is 423 g/mol. The maximum atomic E-state index is 13.0. The average Bonchev–Trinajstić information content (AvgIpc) is 2.83. The number of carbonyl (C=O) groups excluding carboxylic acids is 1. The van der Waals surface area contributed by atoms with E-state index in [1.807, 2.05) is 35.2 Å². The van der Waals surface area contributed by atoms with Crippen LogP contribution in [0.3, 0.4) is 0 Å². The summed E-state index contributed by atoms with van der Waals surface area (Å²) in [6.45, 7) is 3.21. The predicted molar refractivity (Wildman–Crippen MR) is 125 cm³/mol. The summed E-state index contributed by atoms with van der Waals surface area (Å²) in [4.78, 5) is 40.4. The van der Waals surface area contributed by atoms with Crippen molar-refractivity contribution in [3.05, 3.63) is 92.5 Å². The molecule has 0 spiro atoms. The molecule has 1 fully saturated rings. The van der Waals surface area contributed by atoms with E-state index in [1.165, 1.54) is 19.2 Å². The van der Waals surface area contributed by atoms with E-state index in [-0.39, 0.29) is 28.9 Å². The summed E-state index contributed by atoms with van der Waals surface area (Å²) in [5.41, 5.74) is 1.91. The number of piperidine rings is 1. The van der Waals surface area contributed by atoms with Crippen molar-refractivity contribution in [2.75, 3.05) is 18.0 Å². The number of para-hydroxylation sites is 1. The number of carbonyl (C=O) groups is 1. The van der Waals surface area contributed by atoms with E-state index in [4.69, 9.17) is 0 Å². The molecule has 1 saturated heterocycles. The van der Waals surface area contributed by atoms with E-state index in [9.17, 15) is 18.8 Å². The van der Waals surface area contributed by atoms with Gasteiger partial charge in [0.25, 0.3) is 5.56 Å². The highest BCUT2D eigenvalue weighted by atomic mass is 19.1. The van der Waals surface area contributed by atoms with Gasteiger partial charge in [0.1, 0.15) is 11.5 Å². The van der Waals surface area contributed by atoms with E-state index >= 15 is 0 Å². The molecule has 8 heteroatoms. The second kappa shape index (κ2) is 9.44. The zero-order chi connectivity index (χ0) is 23.5. The van der Waals surface area contributed by atoms with E-state index in [0.29, 0.717) is 49.5 Å². The normalized spacial score (nSPS) is 14.3. The molecule has 172 valence electrons. The number of benzene rings is 2. The topological polar surface area (TPSA) is 76.3 Å². The van der Waals surface area contributed by atoms with Crippen LogP contribution in [-0.4, -0.2) is 28.1 Å². The molecule has 2 aromatic carbocycles. The highest BCUT2D eigenvalue weighted by Gasteiger charge is 2.28. The summed E-state index contributed by atoms with van der Waals surface area (Å²) in [5, 5.41) is 2.92. The lowest BCUT2D eigenvalue weighted by atomic mass is 9.95. The molecule has 0 aliphatic carbocycles. The number of rotatable bonds is 5. The molecule has 1 amide bonds. The number of aromatic nitrogens is 2. The fraction of sp³-hybridized carbons (Fsp3) is 0.320. The second-order valence-corrected chi connectivity index (χ2v) is 8.36. The number of anilines is 1. The minimum absolute atomic E-state index is 0.0437. The molecule has 2 heterocycles. The third-order valence-electron chi connectivity index (χ3n) is 6.24. The van der Waals surface area contributed by atoms with Crippen LogP contribution in [0, 0.1) is 18.7 Å². The highest BCUT2D eigenvalue weighted by molar-refractivity contribution is 5.79. The third kappa shape index (κ3) is 4.60. The third-order valence-corrected chi connectivity index (χ3v) is 6.24. The monoisotopic (exact) mass is 450 g/mol. The summed E-state index contributed by atoms with van der Waals surface area (Å²) in [5.74, 6) is -0.513.